The van der Waals surface area contributed by atoms with Crippen LogP contribution in [-0.2, 0) is 23.8 Å². The van der Waals surface area contributed by atoms with Gasteiger partial charge in [-0.15, -0.1) is 0 Å². The molecule has 31 heavy (non-hydrogen) atoms. The van der Waals surface area contributed by atoms with Crippen molar-refractivity contribution in [3.63, 3.8) is 0 Å². The molecule has 0 N–H and O–H groups in total. The summed E-state index contributed by atoms with van der Waals surface area (Å²) in [6, 6.07) is 13.5. The van der Waals surface area contributed by atoms with E-state index >= 15 is 0 Å². The number of carbonyl (C=O) groups is 3. The number of esters is 3. The van der Waals surface area contributed by atoms with Crippen molar-refractivity contribution >= 4 is 24.0 Å². The van der Waals surface area contributed by atoms with Crippen LogP contribution in [0.3, 0.4) is 0 Å². The summed E-state index contributed by atoms with van der Waals surface area (Å²) in [4.78, 5) is 35.7. The molecule has 0 aliphatic carbocycles. The maximum atomic E-state index is 12.1. The van der Waals surface area contributed by atoms with Crippen molar-refractivity contribution in [3.05, 3.63) is 65.2 Å². The van der Waals surface area contributed by atoms with E-state index in [4.69, 9.17) is 18.9 Å². The maximum Gasteiger partial charge on any atom is 0.348 e. The van der Waals surface area contributed by atoms with Gasteiger partial charge in [0.25, 0.3) is 5.79 Å². The van der Waals surface area contributed by atoms with Crippen LogP contribution in [0, 0.1) is 0 Å². The number of hydrogen-bond acceptors (Lipinski definition) is 8. The van der Waals surface area contributed by atoms with Crippen LogP contribution in [0.5, 0.6) is 11.5 Å². The second-order valence-corrected chi connectivity index (χ2v) is 7.03. The average Bonchev–Trinajstić information content (AvgIpc) is 2.73. The molecule has 3 rings (SSSR count). The molecule has 2 aromatic carbocycles. The van der Waals surface area contributed by atoms with Gasteiger partial charge in [0.1, 0.15) is 30.3 Å². The molecule has 0 radical (unpaired) electrons. The Morgan fingerprint density at radius 1 is 0.935 bits per heavy atom. The van der Waals surface area contributed by atoms with Crippen molar-refractivity contribution in [2.24, 2.45) is 0 Å². The number of benzene rings is 2. The number of carbonyl (C=O) groups excluding carboxylic acids is 3. The third kappa shape index (κ3) is 5.85. The number of rotatable bonds is 7. The molecule has 162 valence electrons. The van der Waals surface area contributed by atoms with Crippen molar-refractivity contribution in [1.29, 1.82) is 0 Å². The summed E-state index contributed by atoms with van der Waals surface area (Å²) in [5, 5.41) is 0. The fourth-order valence-electron chi connectivity index (χ4n) is 2.79. The molecule has 1 fully saturated rings. The lowest BCUT2D eigenvalue weighted by Crippen LogP contribution is -2.41. The summed E-state index contributed by atoms with van der Waals surface area (Å²) in [5.41, 5.74) is 0.780. The van der Waals surface area contributed by atoms with Gasteiger partial charge < -0.3 is 23.7 Å². The Labute approximate surface area is 179 Å². The number of methoxy groups -OCH3 is 1. The number of hydrogen-bond donors (Lipinski definition) is 0. The van der Waals surface area contributed by atoms with Crippen LogP contribution in [0.2, 0.25) is 0 Å². The van der Waals surface area contributed by atoms with Gasteiger partial charge in [0.2, 0.25) is 0 Å². The van der Waals surface area contributed by atoms with Gasteiger partial charge in [-0.3, -0.25) is 0 Å². The second-order valence-electron chi connectivity index (χ2n) is 7.03. The molecule has 0 atom stereocenters. The molecule has 0 saturated carbocycles. The normalized spacial score (nSPS) is 14.9. The van der Waals surface area contributed by atoms with E-state index in [-0.39, 0.29) is 18.8 Å². The van der Waals surface area contributed by atoms with Crippen LogP contribution in [0.25, 0.3) is 6.08 Å². The molecule has 0 spiro atoms. The third-order valence-corrected chi connectivity index (χ3v) is 4.16. The lowest BCUT2D eigenvalue weighted by Gasteiger charge is -2.29. The van der Waals surface area contributed by atoms with E-state index in [1.54, 1.807) is 48.5 Å². The molecule has 8 heteroatoms. The largest absolute Gasteiger partial charge is 0.490 e. The van der Waals surface area contributed by atoms with E-state index in [9.17, 15) is 14.4 Å². The highest BCUT2D eigenvalue weighted by molar-refractivity contribution is 6.18. The van der Waals surface area contributed by atoms with Gasteiger partial charge in [0.15, 0.2) is 0 Å². The lowest BCUT2D eigenvalue weighted by molar-refractivity contribution is -0.222. The van der Waals surface area contributed by atoms with E-state index in [1.165, 1.54) is 27.0 Å². The summed E-state index contributed by atoms with van der Waals surface area (Å²) >= 11 is 0. The Balaban J connectivity index is 1.57. The molecule has 0 bridgehead atoms. The SMILES string of the molecule is COC(=O)c1cccc(OCCOc2cccc(C=C3C(=O)OC(C)(C)OC3=O)c2)c1. The summed E-state index contributed by atoms with van der Waals surface area (Å²) < 4.78 is 26.1. The van der Waals surface area contributed by atoms with E-state index in [1.807, 2.05) is 0 Å². The first-order valence-electron chi connectivity index (χ1n) is 9.50. The molecular formula is C23H22O8. The fourth-order valence-corrected chi connectivity index (χ4v) is 2.79. The minimum Gasteiger partial charge on any atom is -0.490 e. The molecule has 1 aliphatic heterocycles. The van der Waals surface area contributed by atoms with Crippen molar-refractivity contribution in [3.8, 4) is 11.5 Å². The van der Waals surface area contributed by atoms with E-state index in [2.05, 4.69) is 4.74 Å². The molecule has 0 unspecified atom stereocenters. The second kappa shape index (κ2) is 9.34. The van der Waals surface area contributed by atoms with Gasteiger partial charge in [-0.2, -0.15) is 0 Å². The van der Waals surface area contributed by atoms with Crippen molar-refractivity contribution in [1.82, 2.24) is 0 Å². The Morgan fingerprint density at radius 3 is 2.13 bits per heavy atom. The first-order chi connectivity index (χ1) is 14.8. The van der Waals surface area contributed by atoms with Gasteiger partial charge in [-0.1, -0.05) is 18.2 Å². The zero-order chi connectivity index (χ0) is 22.4. The molecule has 0 aromatic heterocycles. The number of ether oxygens (including phenoxy) is 5. The van der Waals surface area contributed by atoms with Gasteiger partial charge in [-0.25, -0.2) is 14.4 Å². The quantitative estimate of drug-likeness (QED) is 0.288. The van der Waals surface area contributed by atoms with Crippen LogP contribution in [0.1, 0.15) is 29.8 Å². The van der Waals surface area contributed by atoms with E-state index in [0.29, 0.717) is 22.6 Å². The maximum absolute atomic E-state index is 12.1. The van der Waals surface area contributed by atoms with Crippen molar-refractivity contribution < 1.29 is 38.1 Å². The summed E-state index contributed by atoms with van der Waals surface area (Å²) in [5.74, 6) is -2.17. The minimum atomic E-state index is -1.28. The number of cyclic esters (lactones) is 2. The van der Waals surface area contributed by atoms with Crippen LogP contribution >= 0.6 is 0 Å². The van der Waals surface area contributed by atoms with Crippen LogP contribution in [-0.4, -0.2) is 44.0 Å². The Morgan fingerprint density at radius 2 is 1.52 bits per heavy atom. The molecular weight excluding hydrogens is 404 g/mol. The molecule has 8 nitrogen and oxygen atoms in total. The smallest absolute Gasteiger partial charge is 0.348 e. The van der Waals surface area contributed by atoms with Crippen LogP contribution < -0.4 is 9.47 Å². The topological polar surface area (TPSA) is 97.4 Å². The lowest BCUT2D eigenvalue weighted by atomic mass is 10.1. The van der Waals surface area contributed by atoms with Gasteiger partial charge >= 0.3 is 17.9 Å². The highest BCUT2D eigenvalue weighted by atomic mass is 16.7. The zero-order valence-electron chi connectivity index (χ0n) is 17.4. The minimum absolute atomic E-state index is 0.190. The summed E-state index contributed by atoms with van der Waals surface area (Å²) in [6.07, 6.45) is 1.39. The molecule has 0 amide bonds. The van der Waals surface area contributed by atoms with Crippen LogP contribution in [0.15, 0.2) is 54.1 Å². The molecule has 2 aromatic rings. The van der Waals surface area contributed by atoms with Gasteiger partial charge in [-0.05, 0) is 42.0 Å². The van der Waals surface area contributed by atoms with Crippen molar-refractivity contribution in [2.75, 3.05) is 20.3 Å². The highest BCUT2D eigenvalue weighted by Crippen LogP contribution is 2.25. The predicted octanol–water partition coefficient (Wildman–Crippen LogP) is 3.15. The molecule has 1 aliphatic rings. The standard InChI is InChI=1S/C23H22O8/c1-23(2)30-21(25)19(22(26)31-23)13-15-6-4-8-17(12-15)28-10-11-29-18-9-5-7-16(14-18)20(24)27-3/h4-9,12-14H,10-11H2,1-3H3. The Bertz CT molecular complexity index is 1000. The first kappa shape index (κ1) is 21.9. The van der Waals surface area contributed by atoms with E-state index < -0.39 is 23.7 Å². The van der Waals surface area contributed by atoms with E-state index in [0.717, 1.165) is 0 Å². The molecule has 1 heterocycles. The zero-order valence-corrected chi connectivity index (χ0v) is 17.4. The monoisotopic (exact) mass is 426 g/mol. The highest BCUT2D eigenvalue weighted by Gasteiger charge is 2.38. The fraction of sp³-hybridized carbons (Fsp3) is 0.261. The van der Waals surface area contributed by atoms with Crippen LogP contribution in [0.4, 0.5) is 0 Å². The first-order valence-corrected chi connectivity index (χ1v) is 9.50. The predicted molar refractivity (Wildman–Crippen MR) is 109 cm³/mol. The summed E-state index contributed by atoms with van der Waals surface area (Å²) in [7, 11) is 1.31. The molecule has 1 saturated heterocycles. The van der Waals surface area contributed by atoms with Gasteiger partial charge in [0, 0.05) is 13.8 Å². The Hall–Kier alpha value is -3.81. The summed E-state index contributed by atoms with van der Waals surface area (Å²) in [6.45, 7) is 3.45. The van der Waals surface area contributed by atoms with Crippen molar-refractivity contribution in [2.45, 2.75) is 19.6 Å². The third-order valence-electron chi connectivity index (χ3n) is 4.16. The average molecular weight is 426 g/mol. The Kier molecular flexibility index (Phi) is 6.59. The van der Waals surface area contributed by atoms with Gasteiger partial charge in [0.05, 0.1) is 12.7 Å².